The smallest absolute Gasteiger partial charge is 0.126 e. The standard InChI is InChI=1S/C16H16ClFO/c1-10-4-7-15(19-3)13(8-10)16(17)12-5-6-14(18)11(2)9-12/h4-9,16H,1-3H3. The molecule has 0 aliphatic rings. The number of benzene rings is 2. The first-order chi connectivity index (χ1) is 9.02. The van der Waals surface area contributed by atoms with Crippen molar-refractivity contribution < 1.29 is 9.13 Å². The summed E-state index contributed by atoms with van der Waals surface area (Å²) >= 11 is 6.51. The minimum absolute atomic E-state index is 0.219. The van der Waals surface area contributed by atoms with Gasteiger partial charge in [0.2, 0.25) is 0 Å². The molecule has 19 heavy (non-hydrogen) atoms. The van der Waals surface area contributed by atoms with Gasteiger partial charge in [0, 0.05) is 5.56 Å². The zero-order chi connectivity index (χ0) is 14.0. The van der Waals surface area contributed by atoms with Crippen molar-refractivity contribution in [2.75, 3.05) is 7.11 Å². The van der Waals surface area contributed by atoms with E-state index in [0.29, 0.717) is 5.56 Å². The number of hydrogen-bond acceptors (Lipinski definition) is 1. The Labute approximate surface area is 118 Å². The minimum Gasteiger partial charge on any atom is -0.496 e. The Bertz CT molecular complexity index is 595. The molecular weight excluding hydrogens is 263 g/mol. The third kappa shape index (κ3) is 2.90. The number of aryl methyl sites for hydroxylation is 2. The Hall–Kier alpha value is -1.54. The number of methoxy groups -OCH3 is 1. The van der Waals surface area contributed by atoms with E-state index in [9.17, 15) is 4.39 Å². The van der Waals surface area contributed by atoms with Gasteiger partial charge in [0.1, 0.15) is 11.6 Å². The fourth-order valence-electron chi connectivity index (χ4n) is 2.06. The lowest BCUT2D eigenvalue weighted by atomic mass is 10.00. The average Bonchev–Trinajstić information content (AvgIpc) is 2.41. The van der Waals surface area contributed by atoms with Crippen LogP contribution in [0.25, 0.3) is 0 Å². The van der Waals surface area contributed by atoms with Gasteiger partial charge in [-0.1, -0.05) is 29.8 Å². The Balaban J connectivity index is 2.45. The molecule has 0 saturated heterocycles. The number of hydrogen-bond donors (Lipinski definition) is 0. The van der Waals surface area contributed by atoms with Gasteiger partial charge in [-0.05, 0) is 37.1 Å². The number of halogens is 2. The second-order valence-electron chi connectivity index (χ2n) is 4.62. The zero-order valence-electron chi connectivity index (χ0n) is 11.2. The highest BCUT2D eigenvalue weighted by molar-refractivity contribution is 6.22. The van der Waals surface area contributed by atoms with Crippen LogP contribution in [0.15, 0.2) is 36.4 Å². The van der Waals surface area contributed by atoms with E-state index >= 15 is 0 Å². The maximum absolute atomic E-state index is 13.3. The lowest BCUT2D eigenvalue weighted by Gasteiger charge is -2.16. The third-order valence-corrected chi connectivity index (χ3v) is 3.62. The molecule has 0 aliphatic carbocycles. The molecule has 0 aromatic heterocycles. The summed E-state index contributed by atoms with van der Waals surface area (Å²) in [6, 6.07) is 10.8. The van der Waals surface area contributed by atoms with Crippen molar-refractivity contribution in [3.8, 4) is 5.75 Å². The van der Waals surface area contributed by atoms with Crippen LogP contribution in [0.5, 0.6) is 5.75 Å². The lowest BCUT2D eigenvalue weighted by molar-refractivity contribution is 0.410. The van der Waals surface area contributed by atoms with E-state index in [-0.39, 0.29) is 11.2 Å². The van der Waals surface area contributed by atoms with E-state index in [2.05, 4.69) is 0 Å². The molecule has 0 bridgehead atoms. The molecule has 2 aromatic rings. The molecule has 0 fully saturated rings. The van der Waals surface area contributed by atoms with Crippen LogP contribution in [-0.4, -0.2) is 7.11 Å². The summed E-state index contributed by atoms with van der Waals surface area (Å²) < 4.78 is 18.6. The van der Waals surface area contributed by atoms with Crippen LogP contribution in [0.1, 0.15) is 27.6 Å². The molecule has 0 N–H and O–H groups in total. The molecular formula is C16H16ClFO. The van der Waals surface area contributed by atoms with Crippen molar-refractivity contribution in [3.05, 3.63) is 64.5 Å². The van der Waals surface area contributed by atoms with Crippen molar-refractivity contribution in [2.45, 2.75) is 19.2 Å². The third-order valence-electron chi connectivity index (χ3n) is 3.13. The van der Waals surface area contributed by atoms with Gasteiger partial charge in [0.25, 0.3) is 0 Å². The van der Waals surface area contributed by atoms with Crippen molar-refractivity contribution in [3.63, 3.8) is 0 Å². The van der Waals surface area contributed by atoms with Crippen molar-refractivity contribution in [1.29, 1.82) is 0 Å². The van der Waals surface area contributed by atoms with Crippen LogP contribution in [0, 0.1) is 19.7 Å². The predicted octanol–water partition coefficient (Wildman–Crippen LogP) is 4.78. The molecule has 3 heteroatoms. The Morgan fingerprint density at radius 3 is 2.47 bits per heavy atom. The van der Waals surface area contributed by atoms with Crippen molar-refractivity contribution >= 4 is 11.6 Å². The van der Waals surface area contributed by atoms with Crippen LogP contribution in [-0.2, 0) is 0 Å². The number of rotatable bonds is 3. The van der Waals surface area contributed by atoms with Gasteiger partial charge < -0.3 is 4.74 Å². The molecule has 0 aliphatic heterocycles. The van der Waals surface area contributed by atoms with Gasteiger partial charge in [0.05, 0.1) is 12.5 Å². The predicted molar refractivity (Wildman–Crippen MR) is 76.6 cm³/mol. The highest BCUT2D eigenvalue weighted by Crippen LogP contribution is 2.36. The summed E-state index contributed by atoms with van der Waals surface area (Å²) in [5, 5.41) is -0.353. The normalized spacial score (nSPS) is 12.3. The molecule has 1 atom stereocenters. The molecule has 1 unspecified atom stereocenters. The van der Waals surface area contributed by atoms with Crippen molar-refractivity contribution in [2.24, 2.45) is 0 Å². The van der Waals surface area contributed by atoms with Gasteiger partial charge in [-0.15, -0.1) is 11.6 Å². The van der Waals surface area contributed by atoms with E-state index in [1.165, 1.54) is 6.07 Å². The minimum atomic E-state index is -0.353. The molecule has 0 saturated carbocycles. The molecule has 100 valence electrons. The van der Waals surface area contributed by atoms with Gasteiger partial charge in [-0.25, -0.2) is 4.39 Å². The van der Waals surface area contributed by atoms with Gasteiger partial charge in [-0.3, -0.25) is 0 Å². The number of alkyl halides is 1. The average molecular weight is 279 g/mol. The summed E-state index contributed by atoms with van der Waals surface area (Å²) in [6.45, 7) is 3.73. The first-order valence-corrected chi connectivity index (χ1v) is 6.51. The summed E-state index contributed by atoms with van der Waals surface area (Å²) in [6.07, 6.45) is 0. The fraction of sp³-hybridized carbons (Fsp3) is 0.250. The summed E-state index contributed by atoms with van der Waals surface area (Å²) in [4.78, 5) is 0. The number of ether oxygens (including phenoxy) is 1. The first-order valence-electron chi connectivity index (χ1n) is 6.07. The quantitative estimate of drug-likeness (QED) is 0.734. The van der Waals surface area contributed by atoms with E-state index in [0.717, 1.165) is 22.4 Å². The summed E-state index contributed by atoms with van der Waals surface area (Å²) in [5.74, 6) is 0.524. The molecule has 0 spiro atoms. The summed E-state index contributed by atoms with van der Waals surface area (Å²) in [5.41, 5.74) is 3.47. The zero-order valence-corrected chi connectivity index (χ0v) is 12.0. The Morgan fingerprint density at radius 1 is 1.11 bits per heavy atom. The Morgan fingerprint density at radius 2 is 1.84 bits per heavy atom. The monoisotopic (exact) mass is 278 g/mol. The lowest BCUT2D eigenvalue weighted by Crippen LogP contribution is -1.99. The molecule has 2 rings (SSSR count). The molecule has 2 aromatic carbocycles. The van der Waals surface area contributed by atoms with E-state index < -0.39 is 0 Å². The molecule has 0 heterocycles. The van der Waals surface area contributed by atoms with E-state index in [4.69, 9.17) is 16.3 Å². The summed E-state index contributed by atoms with van der Waals surface area (Å²) in [7, 11) is 1.62. The van der Waals surface area contributed by atoms with Gasteiger partial charge >= 0.3 is 0 Å². The van der Waals surface area contributed by atoms with Gasteiger partial charge in [-0.2, -0.15) is 0 Å². The second-order valence-corrected chi connectivity index (χ2v) is 5.05. The highest BCUT2D eigenvalue weighted by Gasteiger charge is 2.16. The molecule has 0 radical (unpaired) electrons. The SMILES string of the molecule is COc1ccc(C)cc1C(Cl)c1ccc(F)c(C)c1. The van der Waals surface area contributed by atoms with E-state index in [1.807, 2.05) is 25.1 Å². The van der Waals surface area contributed by atoms with Crippen LogP contribution >= 0.6 is 11.6 Å². The fourth-order valence-corrected chi connectivity index (χ4v) is 2.36. The molecule has 1 nitrogen and oxygen atoms in total. The van der Waals surface area contributed by atoms with Crippen LogP contribution in [0.4, 0.5) is 4.39 Å². The maximum Gasteiger partial charge on any atom is 0.126 e. The highest BCUT2D eigenvalue weighted by atomic mass is 35.5. The van der Waals surface area contributed by atoms with Crippen LogP contribution < -0.4 is 4.74 Å². The van der Waals surface area contributed by atoms with Crippen LogP contribution in [0.2, 0.25) is 0 Å². The van der Waals surface area contributed by atoms with Gasteiger partial charge in [0.15, 0.2) is 0 Å². The maximum atomic E-state index is 13.3. The van der Waals surface area contributed by atoms with E-state index in [1.54, 1.807) is 26.2 Å². The second kappa shape index (κ2) is 5.62. The van der Waals surface area contributed by atoms with Crippen LogP contribution in [0.3, 0.4) is 0 Å². The van der Waals surface area contributed by atoms with Crippen molar-refractivity contribution in [1.82, 2.24) is 0 Å². The largest absolute Gasteiger partial charge is 0.496 e. The molecule has 0 amide bonds. The topological polar surface area (TPSA) is 9.23 Å². The Kier molecular flexibility index (Phi) is 4.11. The first kappa shape index (κ1) is 13.9.